The summed E-state index contributed by atoms with van der Waals surface area (Å²) >= 11 is 0. The third-order valence-electron chi connectivity index (χ3n) is 3.95. The minimum Gasteiger partial charge on any atom is -0.348 e. The van der Waals surface area contributed by atoms with Gasteiger partial charge in [-0.2, -0.15) is 0 Å². The summed E-state index contributed by atoms with van der Waals surface area (Å²) in [5, 5.41) is 3.75. The smallest absolute Gasteiger partial charge is 0.244 e. The van der Waals surface area contributed by atoms with E-state index in [1.165, 1.54) is 12.1 Å². The summed E-state index contributed by atoms with van der Waals surface area (Å²) in [5.41, 5.74) is 7.88. The molecule has 0 saturated heterocycles. The molecule has 1 atom stereocenters. The van der Waals surface area contributed by atoms with Gasteiger partial charge in [-0.1, -0.05) is 18.2 Å². The molecule has 128 valence electrons. The Kier molecular flexibility index (Phi) is 5.20. The van der Waals surface area contributed by atoms with E-state index in [2.05, 4.69) is 15.3 Å². The van der Waals surface area contributed by atoms with Crippen molar-refractivity contribution < 1.29 is 9.18 Å². The van der Waals surface area contributed by atoms with Crippen LogP contribution in [0.2, 0.25) is 0 Å². The molecule has 4 N–H and O–H groups in total. The first-order valence-electron chi connectivity index (χ1n) is 8.01. The molecular weight excluding hydrogens is 319 g/mol. The zero-order chi connectivity index (χ0) is 17.6. The van der Waals surface area contributed by atoms with Gasteiger partial charge in [-0.15, -0.1) is 0 Å². The number of nitrogens with two attached hydrogens (primary N) is 1. The van der Waals surface area contributed by atoms with E-state index in [1.807, 2.05) is 12.1 Å². The van der Waals surface area contributed by atoms with Gasteiger partial charge in [0.1, 0.15) is 11.5 Å². The van der Waals surface area contributed by atoms with Crippen LogP contribution in [0.5, 0.6) is 0 Å². The summed E-state index contributed by atoms with van der Waals surface area (Å²) in [4.78, 5) is 19.4. The highest BCUT2D eigenvalue weighted by Crippen LogP contribution is 2.16. The average Bonchev–Trinajstić information content (AvgIpc) is 3.04. The van der Waals surface area contributed by atoms with Gasteiger partial charge in [0.05, 0.1) is 0 Å². The lowest BCUT2D eigenvalue weighted by molar-refractivity contribution is -0.117. The van der Waals surface area contributed by atoms with Crippen molar-refractivity contribution in [2.45, 2.75) is 12.5 Å². The Hall–Kier alpha value is -2.99. The van der Waals surface area contributed by atoms with Gasteiger partial charge in [-0.25, -0.2) is 9.37 Å². The quantitative estimate of drug-likeness (QED) is 0.604. The number of amides is 1. The molecule has 3 aromatic rings. The maximum Gasteiger partial charge on any atom is 0.244 e. The van der Waals surface area contributed by atoms with Crippen LogP contribution >= 0.6 is 0 Å². The molecule has 6 heteroatoms. The van der Waals surface area contributed by atoms with E-state index in [4.69, 9.17) is 5.73 Å². The Bertz CT molecular complexity index is 903. The molecule has 0 spiro atoms. The van der Waals surface area contributed by atoms with Gasteiger partial charge >= 0.3 is 0 Å². The van der Waals surface area contributed by atoms with Gasteiger partial charge in [0.2, 0.25) is 5.91 Å². The average molecular weight is 338 g/mol. The Morgan fingerprint density at radius 1 is 1.32 bits per heavy atom. The fourth-order valence-electron chi connectivity index (χ4n) is 2.65. The number of carbonyl (C=O) groups is 1. The molecule has 0 radical (unpaired) electrons. The highest BCUT2D eigenvalue weighted by Gasteiger charge is 2.12. The number of aromatic nitrogens is 2. The van der Waals surface area contributed by atoms with Crippen molar-refractivity contribution >= 4 is 23.0 Å². The van der Waals surface area contributed by atoms with E-state index in [9.17, 15) is 9.18 Å². The summed E-state index contributed by atoms with van der Waals surface area (Å²) in [6.07, 6.45) is 7.00. The molecule has 25 heavy (non-hydrogen) atoms. The third kappa shape index (κ3) is 4.10. The summed E-state index contributed by atoms with van der Waals surface area (Å²) < 4.78 is 13.7. The molecule has 2 heterocycles. The number of nitrogens with one attached hydrogen (secondary N) is 2. The Morgan fingerprint density at radius 3 is 2.96 bits per heavy atom. The molecule has 0 aliphatic carbocycles. The number of rotatable bonds is 6. The second-order valence-corrected chi connectivity index (χ2v) is 5.71. The maximum atomic E-state index is 13.7. The largest absolute Gasteiger partial charge is 0.348 e. The molecule has 0 aliphatic rings. The molecule has 2 aromatic heterocycles. The zero-order valence-electron chi connectivity index (χ0n) is 13.6. The predicted octanol–water partition coefficient (Wildman–Crippen LogP) is 2.40. The minimum absolute atomic E-state index is 0.227. The van der Waals surface area contributed by atoms with Gasteiger partial charge in [-0.3, -0.25) is 4.79 Å². The number of benzene rings is 1. The van der Waals surface area contributed by atoms with Crippen LogP contribution < -0.4 is 11.1 Å². The van der Waals surface area contributed by atoms with E-state index in [0.29, 0.717) is 12.0 Å². The van der Waals surface area contributed by atoms with Crippen LogP contribution in [0, 0.1) is 5.82 Å². The molecule has 1 amide bonds. The predicted molar refractivity (Wildman–Crippen MR) is 96.2 cm³/mol. The SMILES string of the molecule is NC[C@H](Cc1ccccc1F)NC(=O)C=Cc1c[nH]c2ncccc12. The van der Waals surface area contributed by atoms with E-state index in [-0.39, 0.29) is 24.3 Å². The summed E-state index contributed by atoms with van der Waals surface area (Å²) in [5.74, 6) is -0.568. The lowest BCUT2D eigenvalue weighted by atomic mass is 10.1. The topological polar surface area (TPSA) is 83.8 Å². The molecule has 0 aliphatic heterocycles. The molecule has 0 unspecified atom stereocenters. The van der Waals surface area contributed by atoms with Crippen molar-refractivity contribution in [3.8, 4) is 0 Å². The first kappa shape index (κ1) is 16.9. The molecule has 1 aromatic carbocycles. The molecule has 0 saturated carbocycles. The monoisotopic (exact) mass is 338 g/mol. The van der Waals surface area contributed by atoms with Crippen LogP contribution in [0.25, 0.3) is 17.1 Å². The van der Waals surface area contributed by atoms with Gasteiger partial charge in [-0.05, 0) is 36.3 Å². The van der Waals surface area contributed by atoms with Crippen molar-refractivity contribution in [2.75, 3.05) is 6.54 Å². The Morgan fingerprint density at radius 2 is 2.16 bits per heavy atom. The fourth-order valence-corrected chi connectivity index (χ4v) is 2.65. The second-order valence-electron chi connectivity index (χ2n) is 5.71. The zero-order valence-corrected chi connectivity index (χ0v) is 13.6. The van der Waals surface area contributed by atoms with Crippen LogP contribution in [-0.4, -0.2) is 28.5 Å². The summed E-state index contributed by atoms with van der Waals surface area (Å²) in [6, 6.07) is 9.92. The minimum atomic E-state index is -0.335. The maximum absolute atomic E-state index is 13.7. The second kappa shape index (κ2) is 7.72. The van der Waals surface area contributed by atoms with Gasteiger partial charge in [0, 0.05) is 42.0 Å². The lowest BCUT2D eigenvalue weighted by Gasteiger charge is -2.16. The van der Waals surface area contributed by atoms with E-state index < -0.39 is 0 Å². The lowest BCUT2D eigenvalue weighted by Crippen LogP contribution is -2.41. The fraction of sp³-hybridized carbons (Fsp3) is 0.158. The number of nitrogens with zero attached hydrogens (tertiary/aromatic N) is 1. The molecule has 3 rings (SSSR count). The number of carbonyl (C=O) groups excluding carboxylic acids is 1. The van der Waals surface area contributed by atoms with Gasteiger partial charge in [0.25, 0.3) is 0 Å². The number of halogens is 1. The van der Waals surface area contributed by atoms with Crippen molar-refractivity contribution in [3.05, 3.63) is 71.8 Å². The van der Waals surface area contributed by atoms with Crippen LogP contribution in [0.15, 0.2) is 54.9 Å². The number of hydrogen-bond donors (Lipinski definition) is 3. The van der Waals surface area contributed by atoms with Crippen molar-refractivity contribution in [2.24, 2.45) is 5.73 Å². The number of H-pyrrole nitrogens is 1. The highest BCUT2D eigenvalue weighted by atomic mass is 19.1. The van der Waals surface area contributed by atoms with Crippen LogP contribution in [0.3, 0.4) is 0 Å². The van der Waals surface area contributed by atoms with E-state index in [1.54, 1.807) is 36.7 Å². The number of pyridine rings is 1. The van der Waals surface area contributed by atoms with Crippen molar-refractivity contribution in [1.29, 1.82) is 0 Å². The van der Waals surface area contributed by atoms with Crippen molar-refractivity contribution in [3.63, 3.8) is 0 Å². The number of fused-ring (bicyclic) bond motifs is 1. The Labute approximate surface area is 144 Å². The third-order valence-corrected chi connectivity index (χ3v) is 3.95. The summed E-state index contributed by atoms with van der Waals surface area (Å²) in [7, 11) is 0. The standard InChI is InChI=1S/C19H19FN4O/c20-17-6-2-1-4-13(17)10-15(11-21)24-18(25)8-7-14-12-23-19-16(14)5-3-9-22-19/h1-9,12,15H,10-11,21H2,(H,22,23)(H,24,25)/t15-/m0/s1. The Balaban J connectivity index is 1.65. The van der Waals surface area contributed by atoms with Crippen LogP contribution in [0.4, 0.5) is 4.39 Å². The van der Waals surface area contributed by atoms with Crippen molar-refractivity contribution in [1.82, 2.24) is 15.3 Å². The van der Waals surface area contributed by atoms with Crippen LogP contribution in [0.1, 0.15) is 11.1 Å². The summed E-state index contributed by atoms with van der Waals surface area (Å²) in [6.45, 7) is 0.227. The van der Waals surface area contributed by atoms with Crippen LogP contribution in [-0.2, 0) is 11.2 Å². The molecule has 5 nitrogen and oxygen atoms in total. The highest BCUT2D eigenvalue weighted by molar-refractivity contribution is 5.95. The number of aromatic amines is 1. The van der Waals surface area contributed by atoms with E-state index in [0.717, 1.165) is 16.6 Å². The molecular formula is C19H19FN4O. The van der Waals surface area contributed by atoms with Gasteiger partial charge < -0.3 is 16.0 Å². The number of hydrogen-bond acceptors (Lipinski definition) is 3. The molecule has 0 bridgehead atoms. The first-order valence-corrected chi connectivity index (χ1v) is 8.01. The van der Waals surface area contributed by atoms with E-state index >= 15 is 0 Å². The van der Waals surface area contributed by atoms with Gasteiger partial charge in [0.15, 0.2) is 0 Å². The molecule has 0 fully saturated rings. The normalized spacial score (nSPS) is 12.6. The first-order chi connectivity index (χ1) is 12.2.